The van der Waals surface area contributed by atoms with Crippen molar-refractivity contribution in [3.63, 3.8) is 0 Å². The standard InChI is InChI=1S/C16H19N3O2/c1-9-7-5-6-8-13(9)12(4)17-15-14(16(20)21)10(2)11(3)18-19-15/h5-8,12H,1-4H3,(H,17,19)(H,20,21). The molecule has 5 heteroatoms. The largest absolute Gasteiger partial charge is 0.478 e. The number of carbonyl (C=O) groups is 1. The van der Waals surface area contributed by atoms with Crippen molar-refractivity contribution in [3.8, 4) is 0 Å². The minimum Gasteiger partial charge on any atom is -0.478 e. The molecule has 1 unspecified atom stereocenters. The van der Waals surface area contributed by atoms with Gasteiger partial charge in [-0.1, -0.05) is 24.3 Å². The van der Waals surface area contributed by atoms with Gasteiger partial charge in [-0.3, -0.25) is 0 Å². The molecule has 21 heavy (non-hydrogen) atoms. The third-order valence-corrected chi connectivity index (χ3v) is 3.68. The molecule has 1 atom stereocenters. The molecule has 110 valence electrons. The number of nitrogens with one attached hydrogen (secondary N) is 1. The van der Waals surface area contributed by atoms with E-state index in [1.807, 2.05) is 38.1 Å². The smallest absolute Gasteiger partial charge is 0.339 e. The first-order valence-corrected chi connectivity index (χ1v) is 6.81. The van der Waals surface area contributed by atoms with Crippen molar-refractivity contribution in [1.29, 1.82) is 0 Å². The molecule has 1 aromatic carbocycles. The second-order valence-corrected chi connectivity index (χ2v) is 5.16. The van der Waals surface area contributed by atoms with E-state index in [1.165, 1.54) is 0 Å². The second-order valence-electron chi connectivity index (χ2n) is 5.16. The number of aromatic carboxylic acids is 1. The molecule has 0 radical (unpaired) electrons. The molecule has 0 bridgehead atoms. The van der Waals surface area contributed by atoms with Crippen molar-refractivity contribution in [3.05, 3.63) is 52.2 Å². The minimum absolute atomic E-state index is 0.0549. The van der Waals surface area contributed by atoms with E-state index in [9.17, 15) is 9.90 Å². The van der Waals surface area contributed by atoms with Crippen LogP contribution < -0.4 is 5.32 Å². The van der Waals surface area contributed by atoms with Crippen LogP contribution >= 0.6 is 0 Å². The molecule has 0 fully saturated rings. The number of hydrogen-bond donors (Lipinski definition) is 2. The fraction of sp³-hybridized carbons (Fsp3) is 0.312. The van der Waals surface area contributed by atoms with Gasteiger partial charge in [0.05, 0.1) is 11.7 Å². The monoisotopic (exact) mass is 285 g/mol. The Hall–Kier alpha value is -2.43. The van der Waals surface area contributed by atoms with E-state index in [4.69, 9.17) is 0 Å². The van der Waals surface area contributed by atoms with Crippen molar-refractivity contribution in [2.75, 3.05) is 5.32 Å². The van der Waals surface area contributed by atoms with E-state index in [2.05, 4.69) is 15.5 Å². The highest BCUT2D eigenvalue weighted by molar-refractivity contribution is 5.94. The number of anilines is 1. The van der Waals surface area contributed by atoms with Crippen LogP contribution in [0.1, 0.15) is 45.7 Å². The van der Waals surface area contributed by atoms with Crippen LogP contribution in [0, 0.1) is 20.8 Å². The number of aromatic nitrogens is 2. The predicted octanol–water partition coefficient (Wildman–Crippen LogP) is 3.27. The van der Waals surface area contributed by atoms with Gasteiger partial charge in [0.1, 0.15) is 5.56 Å². The van der Waals surface area contributed by atoms with Gasteiger partial charge in [0, 0.05) is 0 Å². The molecule has 2 aromatic rings. The number of rotatable bonds is 4. The summed E-state index contributed by atoms with van der Waals surface area (Å²) in [5.41, 5.74) is 3.70. The van der Waals surface area contributed by atoms with Gasteiger partial charge in [-0.25, -0.2) is 4.79 Å². The molecule has 0 spiro atoms. The average Bonchev–Trinajstić information content (AvgIpc) is 2.43. The fourth-order valence-corrected chi connectivity index (χ4v) is 2.33. The third-order valence-electron chi connectivity index (χ3n) is 3.68. The lowest BCUT2D eigenvalue weighted by Crippen LogP contribution is -2.16. The first-order chi connectivity index (χ1) is 9.91. The van der Waals surface area contributed by atoms with Gasteiger partial charge in [-0.15, -0.1) is 5.10 Å². The summed E-state index contributed by atoms with van der Waals surface area (Å²) >= 11 is 0. The van der Waals surface area contributed by atoms with Crippen molar-refractivity contribution < 1.29 is 9.90 Å². The van der Waals surface area contributed by atoms with Crippen molar-refractivity contribution in [1.82, 2.24) is 10.2 Å². The second kappa shape index (κ2) is 5.91. The summed E-state index contributed by atoms with van der Waals surface area (Å²) in [5.74, 6) is -0.689. The summed E-state index contributed by atoms with van der Waals surface area (Å²) in [6, 6.07) is 7.93. The molecule has 0 aliphatic heterocycles. The van der Waals surface area contributed by atoms with Gasteiger partial charge >= 0.3 is 5.97 Å². The maximum absolute atomic E-state index is 11.5. The van der Waals surface area contributed by atoms with Gasteiger partial charge in [0.15, 0.2) is 5.82 Å². The third kappa shape index (κ3) is 3.02. The highest BCUT2D eigenvalue weighted by Gasteiger charge is 2.19. The first kappa shape index (κ1) is 15.0. The average molecular weight is 285 g/mol. The molecule has 2 N–H and O–H groups in total. The maximum Gasteiger partial charge on any atom is 0.339 e. The van der Waals surface area contributed by atoms with Gasteiger partial charge in [0.2, 0.25) is 0 Å². The number of hydrogen-bond acceptors (Lipinski definition) is 4. The van der Waals surface area contributed by atoms with Gasteiger partial charge in [-0.05, 0) is 44.4 Å². The summed E-state index contributed by atoms with van der Waals surface area (Å²) < 4.78 is 0. The highest BCUT2D eigenvalue weighted by Crippen LogP contribution is 2.25. The Morgan fingerprint density at radius 1 is 1.19 bits per heavy atom. The quantitative estimate of drug-likeness (QED) is 0.901. The molecule has 0 aliphatic carbocycles. The molecule has 1 heterocycles. The molecule has 0 amide bonds. The molecule has 5 nitrogen and oxygen atoms in total. The minimum atomic E-state index is -0.995. The summed E-state index contributed by atoms with van der Waals surface area (Å²) in [5, 5.41) is 20.6. The van der Waals surface area contributed by atoms with Crippen LogP contribution in [-0.4, -0.2) is 21.3 Å². The zero-order chi connectivity index (χ0) is 15.6. The Labute approximate surface area is 124 Å². The van der Waals surface area contributed by atoms with Gasteiger partial charge in [-0.2, -0.15) is 5.10 Å². The van der Waals surface area contributed by atoms with E-state index < -0.39 is 5.97 Å². The van der Waals surface area contributed by atoms with Crippen LogP contribution in [0.5, 0.6) is 0 Å². The van der Waals surface area contributed by atoms with Crippen LogP contribution in [-0.2, 0) is 0 Å². The Morgan fingerprint density at radius 2 is 1.86 bits per heavy atom. The SMILES string of the molecule is Cc1ccccc1C(C)Nc1nnc(C)c(C)c1C(=O)O. The van der Waals surface area contributed by atoms with Crippen LogP contribution in [0.2, 0.25) is 0 Å². The lowest BCUT2D eigenvalue weighted by Gasteiger charge is -2.19. The molecule has 0 aliphatic rings. The molecule has 0 saturated carbocycles. The van der Waals surface area contributed by atoms with E-state index in [0.717, 1.165) is 11.1 Å². The zero-order valence-corrected chi connectivity index (χ0v) is 12.6. The fourth-order valence-electron chi connectivity index (χ4n) is 2.33. The molecule has 0 saturated heterocycles. The lowest BCUT2D eigenvalue weighted by molar-refractivity contribution is 0.0696. The summed E-state index contributed by atoms with van der Waals surface area (Å²) in [6.07, 6.45) is 0. The number of aryl methyl sites for hydroxylation is 2. The normalized spacial score (nSPS) is 12.0. The van der Waals surface area contributed by atoms with Crippen LogP contribution in [0.25, 0.3) is 0 Å². The van der Waals surface area contributed by atoms with Crippen LogP contribution in [0.15, 0.2) is 24.3 Å². The number of nitrogens with zero attached hydrogens (tertiary/aromatic N) is 2. The lowest BCUT2D eigenvalue weighted by atomic mass is 10.0. The molecule has 1 aromatic heterocycles. The Kier molecular flexibility index (Phi) is 4.21. The zero-order valence-electron chi connectivity index (χ0n) is 12.6. The van der Waals surface area contributed by atoms with Gasteiger partial charge < -0.3 is 10.4 Å². The Morgan fingerprint density at radius 3 is 2.48 bits per heavy atom. The topological polar surface area (TPSA) is 75.1 Å². The van der Waals surface area contributed by atoms with E-state index in [-0.39, 0.29) is 11.6 Å². The summed E-state index contributed by atoms with van der Waals surface area (Å²) in [6.45, 7) is 7.50. The highest BCUT2D eigenvalue weighted by atomic mass is 16.4. The molecule has 2 rings (SSSR count). The number of carboxylic acids is 1. The van der Waals surface area contributed by atoms with Crippen molar-refractivity contribution >= 4 is 11.8 Å². The van der Waals surface area contributed by atoms with Crippen molar-refractivity contribution in [2.24, 2.45) is 0 Å². The number of carboxylic acid groups (broad SMARTS) is 1. The van der Waals surface area contributed by atoms with Crippen LogP contribution in [0.3, 0.4) is 0 Å². The Balaban J connectivity index is 2.38. The van der Waals surface area contributed by atoms with Gasteiger partial charge in [0.25, 0.3) is 0 Å². The maximum atomic E-state index is 11.5. The summed E-state index contributed by atoms with van der Waals surface area (Å²) in [4.78, 5) is 11.5. The van der Waals surface area contributed by atoms with E-state index in [1.54, 1.807) is 13.8 Å². The van der Waals surface area contributed by atoms with E-state index in [0.29, 0.717) is 17.1 Å². The molecular formula is C16H19N3O2. The van der Waals surface area contributed by atoms with E-state index >= 15 is 0 Å². The summed E-state index contributed by atoms with van der Waals surface area (Å²) in [7, 11) is 0. The van der Waals surface area contributed by atoms with Crippen molar-refractivity contribution in [2.45, 2.75) is 33.7 Å². The first-order valence-electron chi connectivity index (χ1n) is 6.81. The predicted molar refractivity (Wildman–Crippen MR) is 81.7 cm³/mol. The number of benzene rings is 1. The molecular weight excluding hydrogens is 266 g/mol. The van der Waals surface area contributed by atoms with Crippen LogP contribution in [0.4, 0.5) is 5.82 Å². The Bertz CT molecular complexity index is 683.